The van der Waals surface area contributed by atoms with E-state index in [0.29, 0.717) is 19.4 Å². The predicted octanol–water partition coefficient (Wildman–Crippen LogP) is 1.89. The lowest BCUT2D eigenvalue weighted by Gasteiger charge is -2.32. The van der Waals surface area contributed by atoms with Crippen molar-refractivity contribution in [3.63, 3.8) is 0 Å². The highest BCUT2D eigenvalue weighted by atomic mass is 19.3. The van der Waals surface area contributed by atoms with Gasteiger partial charge >= 0.3 is 6.61 Å². The fourth-order valence-electron chi connectivity index (χ4n) is 2.67. The van der Waals surface area contributed by atoms with Crippen LogP contribution in [0.3, 0.4) is 0 Å². The molecule has 0 spiro atoms. The number of hydrogen-bond acceptors (Lipinski definition) is 3. The molecule has 1 atom stereocenters. The van der Waals surface area contributed by atoms with Crippen LogP contribution in [0.25, 0.3) is 0 Å². The lowest BCUT2D eigenvalue weighted by Crippen LogP contribution is -2.45. The van der Waals surface area contributed by atoms with E-state index in [9.17, 15) is 18.4 Å². The number of amides is 2. The zero-order valence-electron chi connectivity index (χ0n) is 13.0. The number of ether oxygens (including phenoxy) is 1. The lowest BCUT2D eigenvalue weighted by atomic mass is 9.96. The molecule has 128 valence electrons. The van der Waals surface area contributed by atoms with Crippen molar-refractivity contribution in [2.24, 2.45) is 5.92 Å². The average molecular weight is 336 g/mol. The first-order valence-corrected chi connectivity index (χ1v) is 7.57. The van der Waals surface area contributed by atoms with Gasteiger partial charge in [0.2, 0.25) is 5.91 Å². The molecule has 0 bridgehead atoms. The summed E-state index contributed by atoms with van der Waals surface area (Å²) in [6, 6.07) is 5.84. The van der Waals surface area contributed by atoms with Crippen LogP contribution in [-0.4, -0.2) is 43.0 Å². The Morgan fingerprint density at radius 2 is 2.17 bits per heavy atom. The maximum atomic E-state index is 12.6. The Balaban J connectivity index is 2.10. The summed E-state index contributed by atoms with van der Waals surface area (Å²) in [7, 11) is 0. The number of halogens is 2. The maximum absolute atomic E-state index is 12.6. The molecule has 1 aliphatic heterocycles. The first kappa shape index (κ1) is 17.7. The standard InChI is InChI=1S/C17H18F2N2O3/c1-2-9-20-15(22)12-6-5-10-21(11-12)16(23)13-7-3-4-8-14(13)24-17(18)19/h1,3-4,7-8,12,17H,5-6,9-11H2,(H,20,22). The van der Waals surface area contributed by atoms with E-state index in [1.54, 1.807) is 6.07 Å². The van der Waals surface area contributed by atoms with Crippen LogP contribution in [0.2, 0.25) is 0 Å². The number of carbonyl (C=O) groups excluding carboxylic acids is 2. The van der Waals surface area contributed by atoms with E-state index in [-0.39, 0.29) is 36.2 Å². The number of alkyl halides is 2. The molecule has 2 amide bonds. The SMILES string of the molecule is C#CCNC(=O)C1CCCN(C(=O)c2ccccc2OC(F)F)C1. The number of nitrogens with one attached hydrogen (secondary N) is 1. The first-order valence-electron chi connectivity index (χ1n) is 7.57. The summed E-state index contributed by atoms with van der Waals surface area (Å²) >= 11 is 0. The minimum absolute atomic E-state index is 0.0579. The number of piperidine rings is 1. The van der Waals surface area contributed by atoms with E-state index in [2.05, 4.69) is 16.0 Å². The normalized spacial score (nSPS) is 17.2. The van der Waals surface area contributed by atoms with E-state index in [4.69, 9.17) is 6.42 Å². The third-order valence-electron chi connectivity index (χ3n) is 3.78. The van der Waals surface area contributed by atoms with Crippen molar-refractivity contribution in [2.75, 3.05) is 19.6 Å². The number of para-hydroxylation sites is 1. The molecule has 2 rings (SSSR count). The van der Waals surface area contributed by atoms with Gasteiger partial charge in [0.15, 0.2) is 0 Å². The van der Waals surface area contributed by atoms with Crippen LogP contribution < -0.4 is 10.1 Å². The molecule has 1 fully saturated rings. The van der Waals surface area contributed by atoms with E-state index in [1.165, 1.54) is 23.1 Å². The Morgan fingerprint density at radius 1 is 1.42 bits per heavy atom. The van der Waals surface area contributed by atoms with Crippen molar-refractivity contribution in [1.82, 2.24) is 10.2 Å². The van der Waals surface area contributed by atoms with Gasteiger partial charge in [-0.3, -0.25) is 9.59 Å². The van der Waals surface area contributed by atoms with Crippen LogP contribution >= 0.6 is 0 Å². The van der Waals surface area contributed by atoms with Gasteiger partial charge in [0.1, 0.15) is 5.75 Å². The van der Waals surface area contributed by atoms with Gasteiger partial charge in [0, 0.05) is 13.1 Å². The van der Waals surface area contributed by atoms with Crippen LogP contribution in [-0.2, 0) is 4.79 Å². The van der Waals surface area contributed by atoms with Crippen LogP contribution in [0.5, 0.6) is 5.75 Å². The summed E-state index contributed by atoms with van der Waals surface area (Å²) in [6.07, 6.45) is 6.41. The second-order valence-corrected chi connectivity index (χ2v) is 5.39. The van der Waals surface area contributed by atoms with Gasteiger partial charge in [-0.05, 0) is 25.0 Å². The Hall–Kier alpha value is -2.62. The first-order chi connectivity index (χ1) is 11.5. The van der Waals surface area contributed by atoms with Gasteiger partial charge in [-0.25, -0.2) is 0 Å². The Morgan fingerprint density at radius 3 is 2.88 bits per heavy atom. The minimum atomic E-state index is -3.01. The molecule has 0 aliphatic carbocycles. The number of nitrogens with zero attached hydrogens (tertiary/aromatic N) is 1. The van der Waals surface area contributed by atoms with Crippen molar-refractivity contribution in [3.8, 4) is 18.1 Å². The topological polar surface area (TPSA) is 58.6 Å². The summed E-state index contributed by atoms with van der Waals surface area (Å²) in [5.41, 5.74) is 0.0579. The van der Waals surface area contributed by atoms with E-state index in [1.807, 2.05) is 0 Å². The van der Waals surface area contributed by atoms with Crippen LogP contribution in [0.4, 0.5) is 8.78 Å². The van der Waals surface area contributed by atoms with Gasteiger partial charge < -0.3 is 15.0 Å². The molecule has 5 nitrogen and oxygen atoms in total. The third kappa shape index (κ3) is 4.44. The van der Waals surface area contributed by atoms with Crippen molar-refractivity contribution < 1.29 is 23.1 Å². The summed E-state index contributed by atoms with van der Waals surface area (Å²) < 4.78 is 29.4. The molecule has 1 aromatic rings. The monoisotopic (exact) mass is 336 g/mol. The highest BCUT2D eigenvalue weighted by Gasteiger charge is 2.30. The fraction of sp³-hybridized carbons (Fsp3) is 0.412. The van der Waals surface area contributed by atoms with Crippen LogP contribution in [0.1, 0.15) is 23.2 Å². The molecule has 1 N–H and O–H groups in total. The highest BCUT2D eigenvalue weighted by molar-refractivity contribution is 5.97. The zero-order chi connectivity index (χ0) is 17.5. The van der Waals surface area contributed by atoms with Crippen LogP contribution in [0.15, 0.2) is 24.3 Å². The van der Waals surface area contributed by atoms with Gasteiger partial charge in [0.25, 0.3) is 5.91 Å². The zero-order valence-corrected chi connectivity index (χ0v) is 13.0. The highest BCUT2D eigenvalue weighted by Crippen LogP contribution is 2.25. The smallest absolute Gasteiger partial charge is 0.387 e. The number of terminal acetylenes is 1. The summed E-state index contributed by atoms with van der Waals surface area (Å²) in [6.45, 7) is -2.20. The molecule has 7 heteroatoms. The Kier molecular flexibility index (Phi) is 6.13. The summed E-state index contributed by atoms with van der Waals surface area (Å²) in [5.74, 6) is 1.16. The minimum Gasteiger partial charge on any atom is -0.434 e. The van der Waals surface area contributed by atoms with Crippen molar-refractivity contribution in [2.45, 2.75) is 19.5 Å². The molecule has 0 aromatic heterocycles. The van der Waals surface area contributed by atoms with Crippen molar-refractivity contribution in [3.05, 3.63) is 29.8 Å². The predicted molar refractivity (Wildman–Crippen MR) is 83.5 cm³/mol. The third-order valence-corrected chi connectivity index (χ3v) is 3.78. The molecule has 1 aliphatic rings. The van der Waals surface area contributed by atoms with Crippen molar-refractivity contribution >= 4 is 11.8 Å². The largest absolute Gasteiger partial charge is 0.434 e. The Labute approximate surface area is 139 Å². The second-order valence-electron chi connectivity index (χ2n) is 5.39. The van der Waals surface area contributed by atoms with E-state index < -0.39 is 12.5 Å². The van der Waals surface area contributed by atoms with Gasteiger partial charge in [-0.15, -0.1) is 6.42 Å². The van der Waals surface area contributed by atoms with E-state index >= 15 is 0 Å². The van der Waals surface area contributed by atoms with Gasteiger partial charge in [-0.1, -0.05) is 18.1 Å². The fourth-order valence-corrected chi connectivity index (χ4v) is 2.67. The summed E-state index contributed by atoms with van der Waals surface area (Å²) in [5, 5.41) is 2.60. The second kappa shape index (κ2) is 8.29. The molecule has 1 saturated heterocycles. The lowest BCUT2D eigenvalue weighted by molar-refractivity contribution is -0.126. The van der Waals surface area contributed by atoms with Gasteiger partial charge in [-0.2, -0.15) is 8.78 Å². The van der Waals surface area contributed by atoms with Crippen molar-refractivity contribution in [1.29, 1.82) is 0 Å². The molecule has 0 radical (unpaired) electrons. The quantitative estimate of drug-likeness (QED) is 0.836. The Bertz CT molecular complexity index is 643. The number of carbonyl (C=O) groups is 2. The van der Waals surface area contributed by atoms with E-state index in [0.717, 1.165) is 0 Å². The molecule has 0 saturated carbocycles. The van der Waals surface area contributed by atoms with Crippen LogP contribution in [0, 0.1) is 18.3 Å². The number of likely N-dealkylation sites (tertiary alicyclic amines) is 1. The molecule has 1 unspecified atom stereocenters. The number of benzene rings is 1. The molecule has 24 heavy (non-hydrogen) atoms. The number of hydrogen-bond donors (Lipinski definition) is 1. The number of rotatable bonds is 5. The maximum Gasteiger partial charge on any atom is 0.387 e. The summed E-state index contributed by atoms with van der Waals surface area (Å²) in [4.78, 5) is 26.1. The van der Waals surface area contributed by atoms with Gasteiger partial charge in [0.05, 0.1) is 18.0 Å². The average Bonchev–Trinajstić information content (AvgIpc) is 2.59. The molecule has 1 heterocycles. The molecular weight excluding hydrogens is 318 g/mol. The molecule has 1 aromatic carbocycles. The molecular formula is C17H18F2N2O3.